The molecule has 0 bridgehead atoms. The number of nitrogens with two attached hydrogens (primary N) is 1. The largest absolute Gasteiger partial charge is 0.380 e. The molecule has 1 aliphatic carbocycles. The minimum atomic E-state index is -0.915. The van der Waals surface area contributed by atoms with Gasteiger partial charge < -0.3 is 10.8 Å². The fourth-order valence-electron chi connectivity index (χ4n) is 2.78. The molecule has 2 aromatic carbocycles. The van der Waals surface area contributed by atoms with Gasteiger partial charge >= 0.3 is 0 Å². The summed E-state index contributed by atoms with van der Waals surface area (Å²) in [6.07, 6.45) is 0.557. The minimum absolute atomic E-state index is 0.471. The van der Waals surface area contributed by atoms with Crippen LogP contribution in [0, 0.1) is 0 Å². The first kappa shape index (κ1) is 10.5. The molecule has 0 heterocycles. The van der Waals surface area contributed by atoms with Gasteiger partial charge in [-0.3, -0.25) is 0 Å². The number of fused-ring (bicyclic) bond motifs is 3. The van der Waals surface area contributed by atoms with Crippen molar-refractivity contribution in [2.45, 2.75) is 12.0 Å². The van der Waals surface area contributed by atoms with Crippen LogP contribution in [0.15, 0.2) is 48.5 Å². The first-order valence-corrected chi connectivity index (χ1v) is 5.89. The van der Waals surface area contributed by atoms with Crippen molar-refractivity contribution in [3.8, 4) is 11.1 Å². The van der Waals surface area contributed by atoms with Crippen LogP contribution in [0.25, 0.3) is 11.1 Å². The van der Waals surface area contributed by atoms with Crippen LogP contribution < -0.4 is 5.73 Å². The number of hydrogen-bond donors (Lipinski definition) is 2. The van der Waals surface area contributed by atoms with Crippen LogP contribution in [0.4, 0.5) is 0 Å². The Kier molecular flexibility index (Phi) is 2.28. The van der Waals surface area contributed by atoms with Gasteiger partial charge in [0, 0.05) is 0 Å². The highest BCUT2D eigenvalue weighted by atomic mass is 16.3. The average Bonchev–Trinajstić information content (AvgIpc) is 2.62. The molecule has 3 rings (SSSR count). The van der Waals surface area contributed by atoms with Gasteiger partial charge in [-0.05, 0) is 35.2 Å². The summed E-state index contributed by atoms with van der Waals surface area (Å²) in [7, 11) is 0. The number of aliphatic hydroxyl groups is 1. The monoisotopic (exact) mass is 225 g/mol. The van der Waals surface area contributed by atoms with Crippen molar-refractivity contribution in [1.82, 2.24) is 0 Å². The van der Waals surface area contributed by atoms with Crippen LogP contribution in [0.2, 0.25) is 0 Å². The van der Waals surface area contributed by atoms with E-state index in [-0.39, 0.29) is 0 Å². The summed E-state index contributed by atoms with van der Waals surface area (Å²) in [5, 5.41) is 10.9. The standard InChI is InChI=1S/C15H15NO/c16-10-9-15(17)13-7-3-1-5-11(13)12-6-2-4-8-14(12)15/h1-8,17H,9-10,16H2. The van der Waals surface area contributed by atoms with E-state index in [1.807, 2.05) is 36.4 Å². The Morgan fingerprint density at radius 2 is 1.35 bits per heavy atom. The predicted octanol–water partition coefficient (Wildman–Crippen LogP) is 2.25. The Balaban J connectivity index is 2.31. The molecule has 2 nitrogen and oxygen atoms in total. The van der Waals surface area contributed by atoms with Gasteiger partial charge in [0.1, 0.15) is 5.60 Å². The molecule has 0 fully saturated rings. The molecular formula is C15H15NO. The maximum absolute atomic E-state index is 10.9. The summed E-state index contributed by atoms with van der Waals surface area (Å²) in [6, 6.07) is 16.0. The topological polar surface area (TPSA) is 46.2 Å². The zero-order valence-corrected chi connectivity index (χ0v) is 9.56. The van der Waals surface area contributed by atoms with Crippen LogP contribution in [0.1, 0.15) is 17.5 Å². The van der Waals surface area contributed by atoms with E-state index in [1.165, 1.54) is 0 Å². The fourth-order valence-corrected chi connectivity index (χ4v) is 2.78. The second-order valence-corrected chi connectivity index (χ2v) is 4.49. The lowest BCUT2D eigenvalue weighted by Crippen LogP contribution is -2.27. The molecule has 0 saturated carbocycles. The van der Waals surface area contributed by atoms with E-state index in [0.717, 1.165) is 22.3 Å². The molecule has 0 unspecified atom stereocenters. The lowest BCUT2D eigenvalue weighted by atomic mass is 9.88. The van der Waals surface area contributed by atoms with E-state index in [2.05, 4.69) is 12.1 Å². The quantitative estimate of drug-likeness (QED) is 0.823. The summed E-state index contributed by atoms with van der Waals surface area (Å²) in [4.78, 5) is 0. The van der Waals surface area contributed by atoms with E-state index in [0.29, 0.717) is 13.0 Å². The molecule has 3 N–H and O–H groups in total. The first-order valence-electron chi connectivity index (χ1n) is 5.89. The van der Waals surface area contributed by atoms with E-state index in [4.69, 9.17) is 5.73 Å². The molecule has 86 valence electrons. The molecule has 0 amide bonds. The van der Waals surface area contributed by atoms with Crippen molar-refractivity contribution in [2.24, 2.45) is 5.73 Å². The average molecular weight is 225 g/mol. The van der Waals surface area contributed by atoms with Gasteiger partial charge in [-0.2, -0.15) is 0 Å². The summed E-state index contributed by atoms with van der Waals surface area (Å²) < 4.78 is 0. The molecule has 0 atom stereocenters. The van der Waals surface area contributed by atoms with Gasteiger partial charge in [0.15, 0.2) is 0 Å². The van der Waals surface area contributed by atoms with Crippen LogP contribution in [-0.2, 0) is 5.60 Å². The zero-order valence-electron chi connectivity index (χ0n) is 9.56. The van der Waals surface area contributed by atoms with Gasteiger partial charge in [0.25, 0.3) is 0 Å². The Morgan fingerprint density at radius 3 is 1.82 bits per heavy atom. The molecule has 0 aromatic heterocycles. The normalized spacial score (nSPS) is 15.4. The SMILES string of the molecule is NCCC1(O)c2ccccc2-c2ccccc21. The lowest BCUT2D eigenvalue weighted by molar-refractivity contribution is 0.0785. The minimum Gasteiger partial charge on any atom is -0.380 e. The van der Waals surface area contributed by atoms with Crippen LogP contribution >= 0.6 is 0 Å². The summed E-state index contributed by atoms with van der Waals surface area (Å²) in [6.45, 7) is 0.471. The van der Waals surface area contributed by atoms with Crippen molar-refractivity contribution >= 4 is 0 Å². The van der Waals surface area contributed by atoms with E-state index in [9.17, 15) is 5.11 Å². The van der Waals surface area contributed by atoms with Gasteiger partial charge in [0.2, 0.25) is 0 Å². The van der Waals surface area contributed by atoms with Gasteiger partial charge in [-0.15, -0.1) is 0 Å². The Bertz CT molecular complexity index is 517. The second-order valence-electron chi connectivity index (χ2n) is 4.49. The number of hydrogen-bond acceptors (Lipinski definition) is 2. The maximum atomic E-state index is 10.9. The Morgan fingerprint density at radius 1 is 0.882 bits per heavy atom. The number of rotatable bonds is 2. The van der Waals surface area contributed by atoms with Crippen LogP contribution in [0.5, 0.6) is 0 Å². The third-order valence-corrected chi connectivity index (χ3v) is 3.54. The van der Waals surface area contributed by atoms with Crippen molar-refractivity contribution in [3.63, 3.8) is 0 Å². The van der Waals surface area contributed by atoms with Gasteiger partial charge in [-0.25, -0.2) is 0 Å². The van der Waals surface area contributed by atoms with Gasteiger partial charge in [-0.1, -0.05) is 48.5 Å². The third-order valence-electron chi connectivity index (χ3n) is 3.54. The Hall–Kier alpha value is -1.64. The summed E-state index contributed by atoms with van der Waals surface area (Å²) >= 11 is 0. The molecule has 2 aromatic rings. The molecule has 1 aliphatic rings. The number of benzene rings is 2. The zero-order chi connectivity index (χ0) is 11.9. The molecule has 2 heteroatoms. The highest BCUT2D eigenvalue weighted by molar-refractivity contribution is 5.79. The first-order chi connectivity index (χ1) is 8.27. The van der Waals surface area contributed by atoms with E-state index >= 15 is 0 Å². The highest BCUT2D eigenvalue weighted by Crippen LogP contribution is 2.48. The summed E-state index contributed by atoms with van der Waals surface area (Å²) in [5.74, 6) is 0. The molecule has 17 heavy (non-hydrogen) atoms. The van der Waals surface area contributed by atoms with E-state index < -0.39 is 5.60 Å². The van der Waals surface area contributed by atoms with Gasteiger partial charge in [0.05, 0.1) is 0 Å². The highest BCUT2D eigenvalue weighted by Gasteiger charge is 2.40. The predicted molar refractivity (Wildman–Crippen MR) is 68.5 cm³/mol. The molecule has 0 saturated heterocycles. The molecule has 0 aliphatic heterocycles. The van der Waals surface area contributed by atoms with Crippen molar-refractivity contribution in [1.29, 1.82) is 0 Å². The fraction of sp³-hybridized carbons (Fsp3) is 0.200. The van der Waals surface area contributed by atoms with Crippen molar-refractivity contribution in [2.75, 3.05) is 6.54 Å². The Labute approximate surface area is 101 Å². The maximum Gasteiger partial charge on any atom is 0.117 e. The summed E-state index contributed by atoms with van der Waals surface area (Å²) in [5.41, 5.74) is 8.94. The van der Waals surface area contributed by atoms with Crippen LogP contribution in [-0.4, -0.2) is 11.7 Å². The second kappa shape index (κ2) is 3.69. The van der Waals surface area contributed by atoms with E-state index in [1.54, 1.807) is 0 Å². The lowest BCUT2D eigenvalue weighted by Gasteiger charge is -2.25. The molecular weight excluding hydrogens is 210 g/mol. The van der Waals surface area contributed by atoms with Crippen molar-refractivity contribution in [3.05, 3.63) is 59.7 Å². The third kappa shape index (κ3) is 1.35. The van der Waals surface area contributed by atoms with Crippen LogP contribution in [0.3, 0.4) is 0 Å². The smallest absolute Gasteiger partial charge is 0.117 e. The molecule has 0 spiro atoms. The van der Waals surface area contributed by atoms with Crippen molar-refractivity contribution < 1.29 is 5.11 Å². The molecule has 0 radical (unpaired) electrons.